The summed E-state index contributed by atoms with van der Waals surface area (Å²) < 4.78 is 11.0. The van der Waals surface area contributed by atoms with Crippen molar-refractivity contribution < 1.29 is 14.3 Å². The minimum Gasteiger partial charge on any atom is -0.493 e. The molecular weight excluding hydrogens is 304 g/mol. The van der Waals surface area contributed by atoms with Crippen molar-refractivity contribution in [2.75, 3.05) is 31.2 Å². The quantitative estimate of drug-likeness (QED) is 0.577. The lowest BCUT2D eigenvalue weighted by atomic mass is 10.2. The number of para-hydroxylation sites is 1. The molecule has 1 saturated heterocycles. The summed E-state index contributed by atoms with van der Waals surface area (Å²) in [5.74, 6) is 1.25. The molecule has 2 aromatic rings. The van der Waals surface area contributed by atoms with Gasteiger partial charge in [-0.3, -0.25) is 0 Å². The second-order valence-corrected chi connectivity index (χ2v) is 5.72. The van der Waals surface area contributed by atoms with Gasteiger partial charge in [0.05, 0.1) is 13.2 Å². The van der Waals surface area contributed by atoms with Gasteiger partial charge in [-0.1, -0.05) is 18.2 Å². The third-order valence-corrected chi connectivity index (χ3v) is 3.95. The molecule has 1 aromatic carbocycles. The molecule has 0 radical (unpaired) electrons. The minimum absolute atomic E-state index is 0.315. The zero-order valence-electron chi connectivity index (χ0n) is 13.7. The molecule has 0 bridgehead atoms. The first-order chi connectivity index (χ1) is 11.8. The number of hydrogen-bond donors (Lipinski definition) is 0. The summed E-state index contributed by atoms with van der Waals surface area (Å²) in [6.07, 6.45) is 4.65. The third kappa shape index (κ3) is 4.25. The van der Waals surface area contributed by atoms with E-state index in [-0.39, 0.29) is 5.97 Å². The van der Waals surface area contributed by atoms with Crippen molar-refractivity contribution in [3.63, 3.8) is 0 Å². The Bertz CT molecular complexity index is 655. The standard InChI is InChI=1S/C19H22N2O3/c22-19(24-15-7-14-23-16-8-2-1-3-9-16)17-10-6-11-20-18(17)21-12-4-5-13-21/h1-3,6,8-11H,4-5,7,12-15H2. The highest BCUT2D eigenvalue weighted by atomic mass is 16.5. The first kappa shape index (κ1) is 16.3. The lowest BCUT2D eigenvalue weighted by Gasteiger charge is -2.18. The van der Waals surface area contributed by atoms with Crippen LogP contribution in [0.25, 0.3) is 0 Å². The van der Waals surface area contributed by atoms with Gasteiger partial charge in [0, 0.05) is 25.7 Å². The summed E-state index contributed by atoms with van der Waals surface area (Å²) in [6.45, 7) is 2.74. The predicted molar refractivity (Wildman–Crippen MR) is 92.5 cm³/mol. The topological polar surface area (TPSA) is 51.7 Å². The number of anilines is 1. The van der Waals surface area contributed by atoms with Crippen LogP contribution in [0, 0.1) is 0 Å². The van der Waals surface area contributed by atoms with Crippen LogP contribution in [0.1, 0.15) is 29.6 Å². The number of esters is 1. The van der Waals surface area contributed by atoms with E-state index >= 15 is 0 Å². The van der Waals surface area contributed by atoms with Crippen molar-refractivity contribution in [1.82, 2.24) is 4.98 Å². The third-order valence-electron chi connectivity index (χ3n) is 3.95. The zero-order chi connectivity index (χ0) is 16.6. The Labute approximate surface area is 142 Å². The van der Waals surface area contributed by atoms with Crippen LogP contribution in [-0.4, -0.2) is 37.3 Å². The highest BCUT2D eigenvalue weighted by molar-refractivity contribution is 5.94. The second kappa shape index (κ2) is 8.34. The molecule has 0 N–H and O–H groups in total. The van der Waals surface area contributed by atoms with E-state index in [0.717, 1.165) is 37.5 Å². The molecule has 0 unspecified atom stereocenters. The van der Waals surface area contributed by atoms with Gasteiger partial charge in [0.1, 0.15) is 17.1 Å². The van der Waals surface area contributed by atoms with E-state index in [1.807, 2.05) is 30.3 Å². The number of nitrogens with zero attached hydrogens (tertiary/aromatic N) is 2. The van der Waals surface area contributed by atoms with E-state index in [4.69, 9.17) is 9.47 Å². The van der Waals surface area contributed by atoms with Crippen molar-refractivity contribution in [2.24, 2.45) is 0 Å². The molecule has 0 spiro atoms. The number of rotatable bonds is 7. The molecule has 1 aliphatic heterocycles. The molecule has 2 heterocycles. The van der Waals surface area contributed by atoms with E-state index in [0.29, 0.717) is 25.2 Å². The van der Waals surface area contributed by atoms with Gasteiger partial charge in [-0.25, -0.2) is 9.78 Å². The summed E-state index contributed by atoms with van der Waals surface area (Å²) in [6, 6.07) is 13.2. The van der Waals surface area contributed by atoms with Gasteiger partial charge in [0.25, 0.3) is 0 Å². The van der Waals surface area contributed by atoms with Crippen LogP contribution in [0.2, 0.25) is 0 Å². The number of aromatic nitrogens is 1. The zero-order valence-corrected chi connectivity index (χ0v) is 13.7. The summed E-state index contributed by atoms with van der Waals surface area (Å²) >= 11 is 0. The fraction of sp³-hybridized carbons (Fsp3) is 0.368. The summed E-state index contributed by atoms with van der Waals surface area (Å²) in [5, 5.41) is 0. The Morgan fingerprint density at radius 3 is 2.62 bits per heavy atom. The van der Waals surface area contributed by atoms with Gasteiger partial charge in [-0.05, 0) is 37.1 Å². The van der Waals surface area contributed by atoms with Crippen molar-refractivity contribution in [3.05, 3.63) is 54.2 Å². The molecule has 126 valence electrons. The highest BCUT2D eigenvalue weighted by Gasteiger charge is 2.21. The molecule has 0 aliphatic carbocycles. The largest absolute Gasteiger partial charge is 0.493 e. The molecule has 1 aliphatic rings. The van der Waals surface area contributed by atoms with E-state index < -0.39 is 0 Å². The van der Waals surface area contributed by atoms with Crippen LogP contribution < -0.4 is 9.64 Å². The van der Waals surface area contributed by atoms with Crippen molar-refractivity contribution in [1.29, 1.82) is 0 Å². The number of pyridine rings is 1. The monoisotopic (exact) mass is 326 g/mol. The fourth-order valence-electron chi connectivity index (χ4n) is 2.75. The molecular formula is C19H22N2O3. The molecule has 0 saturated carbocycles. The van der Waals surface area contributed by atoms with Crippen molar-refractivity contribution in [3.8, 4) is 5.75 Å². The van der Waals surface area contributed by atoms with Crippen LogP contribution in [0.5, 0.6) is 5.75 Å². The van der Waals surface area contributed by atoms with Crippen LogP contribution in [-0.2, 0) is 4.74 Å². The Morgan fingerprint density at radius 2 is 1.83 bits per heavy atom. The Hall–Kier alpha value is -2.56. The van der Waals surface area contributed by atoms with Gasteiger partial charge in [0.15, 0.2) is 0 Å². The molecule has 0 amide bonds. The van der Waals surface area contributed by atoms with Gasteiger partial charge in [-0.15, -0.1) is 0 Å². The Balaban J connectivity index is 1.47. The summed E-state index contributed by atoms with van der Waals surface area (Å²) in [5.41, 5.74) is 0.545. The van der Waals surface area contributed by atoms with Crippen LogP contribution >= 0.6 is 0 Å². The number of benzene rings is 1. The number of ether oxygens (including phenoxy) is 2. The minimum atomic E-state index is -0.315. The van der Waals surface area contributed by atoms with Gasteiger partial charge in [0.2, 0.25) is 0 Å². The first-order valence-electron chi connectivity index (χ1n) is 8.39. The van der Waals surface area contributed by atoms with E-state index in [9.17, 15) is 4.79 Å². The molecule has 0 atom stereocenters. The average molecular weight is 326 g/mol. The first-order valence-corrected chi connectivity index (χ1v) is 8.39. The van der Waals surface area contributed by atoms with Crippen LogP contribution in [0.3, 0.4) is 0 Å². The Kier molecular flexibility index (Phi) is 5.66. The lowest BCUT2D eigenvalue weighted by molar-refractivity contribution is 0.0486. The smallest absolute Gasteiger partial charge is 0.341 e. The maximum Gasteiger partial charge on any atom is 0.341 e. The maximum atomic E-state index is 12.3. The van der Waals surface area contributed by atoms with E-state index in [1.165, 1.54) is 0 Å². The SMILES string of the molecule is O=C(OCCCOc1ccccc1)c1cccnc1N1CCCC1. The summed E-state index contributed by atoms with van der Waals surface area (Å²) in [7, 11) is 0. The molecule has 3 rings (SSSR count). The van der Waals surface area contributed by atoms with Gasteiger partial charge in [-0.2, -0.15) is 0 Å². The van der Waals surface area contributed by atoms with Crippen molar-refractivity contribution >= 4 is 11.8 Å². The van der Waals surface area contributed by atoms with E-state index in [1.54, 1.807) is 18.3 Å². The van der Waals surface area contributed by atoms with Gasteiger partial charge >= 0.3 is 5.97 Å². The van der Waals surface area contributed by atoms with Gasteiger partial charge < -0.3 is 14.4 Å². The predicted octanol–water partition coefficient (Wildman–Crippen LogP) is 3.31. The molecule has 5 heteroatoms. The van der Waals surface area contributed by atoms with E-state index in [2.05, 4.69) is 9.88 Å². The van der Waals surface area contributed by atoms with Crippen LogP contribution in [0.15, 0.2) is 48.7 Å². The normalized spacial score (nSPS) is 13.8. The van der Waals surface area contributed by atoms with Crippen molar-refractivity contribution in [2.45, 2.75) is 19.3 Å². The second-order valence-electron chi connectivity index (χ2n) is 5.72. The molecule has 1 fully saturated rings. The maximum absolute atomic E-state index is 12.3. The Morgan fingerprint density at radius 1 is 1.04 bits per heavy atom. The number of carbonyl (C=O) groups is 1. The number of carbonyl (C=O) groups excluding carboxylic acids is 1. The molecule has 24 heavy (non-hydrogen) atoms. The number of hydrogen-bond acceptors (Lipinski definition) is 5. The lowest BCUT2D eigenvalue weighted by Crippen LogP contribution is -2.22. The average Bonchev–Trinajstić information content (AvgIpc) is 3.17. The molecule has 1 aromatic heterocycles. The molecule has 5 nitrogen and oxygen atoms in total. The fourth-order valence-corrected chi connectivity index (χ4v) is 2.75. The summed E-state index contributed by atoms with van der Waals surface area (Å²) in [4.78, 5) is 18.8. The van der Waals surface area contributed by atoms with Crippen LogP contribution in [0.4, 0.5) is 5.82 Å². The highest BCUT2D eigenvalue weighted by Crippen LogP contribution is 2.22.